The lowest BCUT2D eigenvalue weighted by atomic mass is 9.79. The highest BCUT2D eigenvalue weighted by Gasteiger charge is 2.30. The van der Waals surface area contributed by atoms with Crippen LogP contribution >= 0.6 is 0 Å². The van der Waals surface area contributed by atoms with Gasteiger partial charge in [0.15, 0.2) is 0 Å². The van der Waals surface area contributed by atoms with Crippen molar-refractivity contribution in [3.8, 4) is 78.6 Å². The molecule has 0 saturated heterocycles. The fourth-order valence-corrected chi connectivity index (χ4v) is 8.95. The lowest BCUT2D eigenvalue weighted by Crippen LogP contribution is -2.17. The number of para-hydroxylation sites is 1. The highest BCUT2D eigenvalue weighted by atomic mass is 16.3. The number of hydrogen-bond donors (Lipinski definition) is 1. The zero-order chi connectivity index (χ0) is 51.7. The van der Waals surface area contributed by atoms with Crippen LogP contribution in [0.1, 0.15) is 98.4 Å². The van der Waals surface area contributed by atoms with Gasteiger partial charge in [0.25, 0.3) is 0 Å². The molecule has 0 spiro atoms. The Kier molecular flexibility index (Phi) is 9.44. The van der Waals surface area contributed by atoms with Crippen molar-refractivity contribution in [3.63, 3.8) is 0 Å². The third-order valence-corrected chi connectivity index (χ3v) is 12.7. The van der Waals surface area contributed by atoms with Crippen LogP contribution in [-0.4, -0.2) is 19.6 Å². The van der Waals surface area contributed by atoms with Crippen LogP contribution in [0.2, 0.25) is 0 Å². The summed E-state index contributed by atoms with van der Waals surface area (Å²) in [4.78, 5) is 10.5. The standard InChI is InChI=1S/C62H61N3O/c1-39-20-18-21-40(2)56(39)43-30-31-63-53(35-43)46-33-44(41-22-14-12-15-23-41)32-45(34-46)49-26-19-27-55-57(49)64-59(51-37-48(61(6,7)8)38-52(58(51)66)62(9,10)11)65(55)54-29-28-47(60(3,4)5)36-50(54)42-24-16-13-17-25-42/h12-38,66H,1-11H3/i1D3,2D3. The second kappa shape index (κ2) is 16.7. The number of pyridine rings is 1. The lowest BCUT2D eigenvalue weighted by Gasteiger charge is -2.28. The number of phenolic OH excluding ortho intramolecular Hbond substituents is 1. The predicted octanol–water partition coefficient (Wildman–Crippen LogP) is 16.6. The van der Waals surface area contributed by atoms with Crippen LogP contribution in [0, 0.1) is 13.7 Å². The van der Waals surface area contributed by atoms with Crippen molar-refractivity contribution in [2.24, 2.45) is 0 Å². The molecule has 0 amide bonds. The minimum Gasteiger partial charge on any atom is -0.507 e. The van der Waals surface area contributed by atoms with Crippen molar-refractivity contribution in [2.45, 2.75) is 92.3 Å². The zero-order valence-corrected chi connectivity index (χ0v) is 39.4. The average molecular weight is 870 g/mol. The van der Waals surface area contributed by atoms with E-state index in [9.17, 15) is 5.11 Å². The van der Waals surface area contributed by atoms with Gasteiger partial charge in [0.05, 0.1) is 28.0 Å². The highest BCUT2D eigenvalue weighted by molar-refractivity contribution is 5.98. The molecule has 1 N–H and O–H groups in total. The molecule has 2 heterocycles. The van der Waals surface area contributed by atoms with Crippen LogP contribution in [0.15, 0.2) is 164 Å². The average Bonchev–Trinajstić information content (AvgIpc) is 3.72. The third kappa shape index (κ3) is 8.37. The maximum absolute atomic E-state index is 12.6. The lowest BCUT2D eigenvalue weighted by molar-refractivity contribution is 0.446. The molecule has 0 saturated carbocycles. The molecule has 0 atom stereocenters. The van der Waals surface area contributed by atoms with Gasteiger partial charge in [-0.2, -0.15) is 0 Å². The first-order valence-electron chi connectivity index (χ1n) is 25.7. The van der Waals surface area contributed by atoms with Gasteiger partial charge in [0.1, 0.15) is 11.6 Å². The first-order valence-corrected chi connectivity index (χ1v) is 22.7. The molecule has 7 aromatic carbocycles. The second-order valence-electron chi connectivity index (χ2n) is 20.5. The minimum atomic E-state index is -2.57. The minimum absolute atomic E-state index is 0.0396. The molecule has 9 aromatic rings. The Balaban J connectivity index is 1.36. The molecule has 4 nitrogen and oxygen atoms in total. The summed E-state index contributed by atoms with van der Waals surface area (Å²) in [5.41, 5.74) is 12.8. The Labute approximate surface area is 400 Å². The van der Waals surface area contributed by atoms with E-state index in [0.29, 0.717) is 22.6 Å². The quantitative estimate of drug-likeness (QED) is 0.174. The molecular weight excluding hydrogens is 803 g/mol. The van der Waals surface area contributed by atoms with E-state index < -0.39 is 19.1 Å². The number of rotatable bonds is 7. The van der Waals surface area contributed by atoms with Gasteiger partial charge >= 0.3 is 0 Å². The third-order valence-electron chi connectivity index (χ3n) is 12.7. The van der Waals surface area contributed by atoms with E-state index in [0.717, 1.165) is 66.8 Å². The summed E-state index contributed by atoms with van der Waals surface area (Å²) >= 11 is 0. The summed E-state index contributed by atoms with van der Waals surface area (Å²) < 4.78 is 52.7. The van der Waals surface area contributed by atoms with E-state index in [-0.39, 0.29) is 33.3 Å². The normalized spacial score (nSPS) is 14.0. The second-order valence-corrected chi connectivity index (χ2v) is 20.5. The summed E-state index contributed by atoms with van der Waals surface area (Å²) in [6, 6.07) is 51.8. The van der Waals surface area contributed by atoms with Crippen LogP contribution in [0.3, 0.4) is 0 Å². The van der Waals surface area contributed by atoms with E-state index in [2.05, 4.69) is 164 Å². The largest absolute Gasteiger partial charge is 0.507 e. The number of nitrogens with zero attached hydrogens (tertiary/aromatic N) is 3. The van der Waals surface area contributed by atoms with Crippen molar-refractivity contribution in [3.05, 3.63) is 192 Å². The number of aryl methyl sites for hydroxylation is 2. The van der Waals surface area contributed by atoms with Gasteiger partial charge in [0.2, 0.25) is 0 Å². The summed E-state index contributed by atoms with van der Waals surface area (Å²) in [6.45, 7) is 14.5. The number of aromatic nitrogens is 3. The maximum atomic E-state index is 12.6. The van der Waals surface area contributed by atoms with Gasteiger partial charge in [-0.05, 0) is 140 Å². The predicted molar refractivity (Wildman–Crippen MR) is 279 cm³/mol. The van der Waals surface area contributed by atoms with Gasteiger partial charge in [-0.3, -0.25) is 9.55 Å². The first kappa shape index (κ1) is 37.2. The van der Waals surface area contributed by atoms with Gasteiger partial charge in [-0.25, -0.2) is 4.98 Å². The Morgan fingerprint density at radius 2 is 1.11 bits per heavy atom. The number of benzene rings is 7. The van der Waals surface area contributed by atoms with Gasteiger partial charge in [0, 0.05) is 36.7 Å². The van der Waals surface area contributed by atoms with Crippen LogP contribution in [-0.2, 0) is 16.2 Å². The molecule has 0 radical (unpaired) electrons. The Morgan fingerprint density at radius 3 is 1.76 bits per heavy atom. The fourth-order valence-electron chi connectivity index (χ4n) is 8.95. The SMILES string of the molecule is [2H]C([2H])([2H])c1cccc(C([2H])([2H])[2H])c1-c1ccnc(-c2cc(-c3ccccc3)cc(-c3cccc4c3nc(-c3cc(C(C)(C)C)cc(C(C)(C)C)c3O)n4-c3ccc(C(C)(C)C)cc3-c3ccccc3)c2)c1. The van der Waals surface area contributed by atoms with Crippen LogP contribution in [0.25, 0.3) is 83.9 Å². The van der Waals surface area contributed by atoms with E-state index >= 15 is 0 Å². The molecule has 0 unspecified atom stereocenters. The van der Waals surface area contributed by atoms with Crippen molar-refractivity contribution < 1.29 is 13.3 Å². The Morgan fingerprint density at radius 1 is 0.485 bits per heavy atom. The number of aromatic hydroxyl groups is 1. The molecule has 330 valence electrons. The molecule has 4 heteroatoms. The summed E-state index contributed by atoms with van der Waals surface area (Å²) in [5.74, 6) is 0.779. The molecule has 0 fully saturated rings. The van der Waals surface area contributed by atoms with Gasteiger partial charge in [-0.15, -0.1) is 0 Å². The summed E-state index contributed by atoms with van der Waals surface area (Å²) in [6.07, 6.45) is 1.60. The van der Waals surface area contributed by atoms with E-state index in [1.807, 2.05) is 30.3 Å². The summed E-state index contributed by atoms with van der Waals surface area (Å²) in [5, 5.41) is 12.6. The number of imidazole rings is 1. The molecule has 0 aliphatic heterocycles. The topological polar surface area (TPSA) is 50.9 Å². The van der Waals surface area contributed by atoms with Crippen LogP contribution in [0.5, 0.6) is 5.75 Å². The molecule has 0 bridgehead atoms. The van der Waals surface area contributed by atoms with Crippen molar-refractivity contribution in [2.75, 3.05) is 0 Å². The van der Waals surface area contributed by atoms with Gasteiger partial charge in [-0.1, -0.05) is 165 Å². The molecule has 9 rings (SSSR count). The van der Waals surface area contributed by atoms with E-state index in [4.69, 9.17) is 18.2 Å². The van der Waals surface area contributed by atoms with Gasteiger partial charge < -0.3 is 5.11 Å². The number of phenols is 1. The molecule has 0 aliphatic carbocycles. The number of fused-ring (bicyclic) bond motifs is 1. The van der Waals surface area contributed by atoms with Crippen LogP contribution < -0.4 is 0 Å². The zero-order valence-electron chi connectivity index (χ0n) is 45.4. The molecule has 2 aromatic heterocycles. The van der Waals surface area contributed by atoms with Crippen molar-refractivity contribution in [1.29, 1.82) is 0 Å². The molecule has 0 aliphatic rings. The molecule has 66 heavy (non-hydrogen) atoms. The summed E-state index contributed by atoms with van der Waals surface area (Å²) in [7, 11) is 0. The smallest absolute Gasteiger partial charge is 0.149 e. The number of hydrogen-bond acceptors (Lipinski definition) is 3. The fraction of sp³-hybridized carbons (Fsp3) is 0.226. The first-order chi connectivity index (χ1) is 33.8. The Hall–Kier alpha value is -7.04. The van der Waals surface area contributed by atoms with Crippen LogP contribution in [0.4, 0.5) is 0 Å². The van der Waals surface area contributed by atoms with Crippen molar-refractivity contribution in [1.82, 2.24) is 14.5 Å². The maximum Gasteiger partial charge on any atom is 0.149 e. The highest BCUT2D eigenvalue weighted by Crippen LogP contribution is 2.46. The molecular formula is C62H61N3O. The Bertz CT molecular complexity index is 3460. The monoisotopic (exact) mass is 870 g/mol. The van der Waals surface area contributed by atoms with Crippen molar-refractivity contribution >= 4 is 11.0 Å². The van der Waals surface area contributed by atoms with E-state index in [1.54, 1.807) is 18.3 Å². The van der Waals surface area contributed by atoms with E-state index in [1.165, 1.54) is 23.8 Å².